The Morgan fingerprint density at radius 3 is 3.04 bits per heavy atom. The maximum absolute atomic E-state index is 13.7. The van der Waals surface area contributed by atoms with Gasteiger partial charge in [0.25, 0.3) is 0 Å². The molecule has 0 spiro atoms. The van der Waals surface area contributed by atoms with Gasteiger partial charge in [-0.05, 0) is 44.0 Å². The first-order valence-corrected chi connectivity index (χ1v) is 8.02. The zero-order valence-electron chi connectivity index (χ0n) is 13.1. The van der Waals surface area contributed by atoms with Gasteiger partial charge in [0.1, 0.15) is 11.6 Å². The van der Waals surface area contributed by atoms with Gasteiger partial charge in [-0.2, -0.15) is 0 Å². The predicted molar refractivity (Wildman–Crippen MR) is 89.2 cm³/mol. The fraction of sp³-hybridized carbons (Fsp3) is 0.333. The molecule has 0 saturated carbocycles. The molecule has 3 aromatic rings. The van der Waals surface area contributed by atoms with E-state index in [1.807, 2.05) is 13.1 Å². The molecule has 1 unspecified atom stereocenters. The Morgan fingerprint density at radius 1 is 1.30 bits per heavy atom. The maximum Gasteiger partial charge on any atom is 0.124 e. The van der Waals surface area contributed by atoms with Crippen molar-refractivity contribution in [3.8, 4) is 0 Å². The van der Waals surface area contributed by atoms with Crippen LogP contribution in [0.2, 0.25) is 0 Å². The summed E-state index contributed by atoms with van der Waals surface area (Å²) in [6.07, 6.45) is 5.90. The Bertz CT molecular complexity index is 828. The van der Waals surface area contributed by atoms with Crippen LogP contribution in [-0.2, 0) is 0 Å². The molecule has 23 heavy (non-hydrogen) atoms. The van der Waals surface area contributed by atoms with Gasteiger partial charge in [-0.25, -0.2) is 9.37 Å². The second kappa shape index (κ2) is 5.65. The normalized spacial score (nSPS) is 18.5. The number of aromatic amines is 1. The van der Waals surface area contributed by atoms with Gasteiger partial charge in [0.15, 0.2) is 0 Å². The molecule has 118 valence electrons. The molecule has 1 fully saturated rings. The van der Waals surface area contributed by atoms with E-state index in [1.54, 1.807) is 18.3 Å². The lowest BCUT2D eigenvalue weighted by Crippen LogP contribution is -2.35. The first-order valence-electron chi connectivity index (χ1n) is 8.02. The van der Waals surface area contributed by atoms with Gasteiger partial charge in [0.2, 0.25) is 0 Å². The van der Waals surface area contributed by atoms with Crippen LogP contribution in [0, 0.1) is 12.7 Å². The number of aromatic nitrogens is 3. The molecule has 1 N–H and O–H groups in total. The molecule has 0 amide bonds. The van der Waals surface area contributed by atoms with E-state index in [9.17, 15) is 4.39 Å². The average molecular weight is 310 g/mol. The summed E-state index contributed by atoms with van der Waals surface area (Å²) in [5.41, 5.74) is 2.88. The number of nitrogens with zero attached hydrogens (tertiary/aromatic N) is 3. The first-order chi connectivity index (χ1) is 11.2. The number of nitrogens with one attached hydrogen (secondary N) is 1. The molecule has 0 aliphatic carbocycles. The summed E-state index contributed by atoms with van der Waals surface area (Å²) in [5.74, 6) is 1.20. The Hall–Kier alpha value is -2.43. The minimum Gasteiger partial charge on any atom is -0.370 e. The molecule has 1 aliphatic rings. The number of hydrogen-bond acceptors (Lipinski definition) is 3. The van der Waals surface area contributed by atoms with Gasteiger partial charge >= 0.3 is 0 Å². The highest BCUT2D eigenvalue weighted by Crippen LogP contribution is 2.33. The molecule has 1 aromatic carbocycles. The monoisotopic (exact) mass is 310 g/mol. The molecule has 1 saturated heterocycles. The standard InChI is InChI=1S/C18H19FN4/c1-12-9-17(15-10-14(19)4-5-16(15)22-12)23-8-2-3-13(11-23)18-20-6-7-21-18/h4-7,9-10,13H,2-3,8,11H2,1H3,(H,20,21). The van der Waals surface area contributed by atoms with E-state index in [0.717, 1.165) is 54.0 Å². The predicted octanol–water partition coefficient (Wildman–Crippen LogP) is 3.79. The molecule has 1 aliphatic heterocycles. The maximum atomic E-state index is 13.7. The summed E-state index contributed by atoms with van der Waals surface area (Å²) in [6.45, 7) is 3.86. The van der Waals surface area contributed by atoms with Crippen molar-refractivity contribution in [2.75, 3.05) is 18.0 Å². The summed E-state index contributed by atoms with van der Waals surface area (Å²) in [6, 6.07) is 6.88. The number of aryl methyl sites for hydroxylation is 1. The van der Waals surface area contributed by atoms with E-state index in [-0.39, 0.29) is 5.82 Å². The van der Waals surface area contributed by atoms with Crippen molar-refractivity contribution in [1.29, 1.82) is 0 Å². The fourth-order valence-electron chi connectivity index (χ4n) is 3.49. The SMILES string of the molecule is Cc1cc(N2CCCC(c3ncc[nH]3)C2)c2cc(F)ccc2n1. The van der Waals surface area contributed by atoms with Crippen LogP contribution in [0.5, 0.6) is 0 Å². The first kappa shape index (κ1) is 14.2. The minimum atomic E-state index is -0.219. The van der Waals surface area contributed by atoms with Gasteiger partial charge in [-0.15, -0.1) is 0 Å². The Morgan fingerprint density at radius 2 is 2.22 bits per heavy atom. The number of piperidine rings is 1. The largest absolute Gasteiger partial charge is 0.370 e. The zero-order chi connectivity index (χ0) is 15.8. The van der Waals surface area contributed by atoms with Crippen LogP contribution in [-0.4, -0.2) is 28.0 Å². The van der Waals surface area contributed by atoms with Gasteiger partial charge in [0, 0.05) is 48.2 Å². The van der Waals surface area contributed by atoms with E-state index < -0.39 is 0 Å². The second-order valence-electron chi connectivity index (χ2n) is 6.20. The van der Waals surface area contributed by atoms with Crippen LogP contribution in [0.15, 0.2) is 36.7 Å². The molecule has 2 aromatic heterocycles. The molecular formula is C18H19FN4. The van der Waals surface area contributed by atoms with Crippen molar-refractivity contribution in [3.63, 3.8) is 0 Å². The number of imidazole rings is 1. The third kappa shape index (κ3) is 2.67. The summed E-state index contributed by atoms with van der Waals surface area (Å²) < 4.78 is 13.7. The smallest absolute Gasteiger partial charge is 0.124 e. The number of anilines is 1. The third-order valence-corrected chi connectivity index (χ3v) is 4.55. The lowest BCUT2D eigenvalue weighted by molar-refractivity contribution is 0.495. The van der Waals surface area contributed by atoms with Crippen LogP contribution in [0.3, 0.4) is 0 Å². The summed E-state index contributed by atoms with van der Waals surface area (Å²) >= 11 is 0. The highest BCUT2D eigenvalue weighted by atomic mass is 19.1. The molecule has 4 rings (SSSR count). The molecule has 0 radical (unpaired) electrons. The van der Waals surface area contributed by atoms with Crippen molar-refractivity contribution in [3.05, 3.63) is 54.0 Å². The highest BCUT2D eigenvalue weighted by Gasteiger charge is 2.24. The number of rotatable bonds is 2. The Labute approximate surface area is 134 Å². The molecule has 5 heteroatoms. The third-order valence-electron chi connectivity index (χ3n) is 4.55. The van der Waals surface area contributed by atoms with Crippen LogP contribution in [0.4, 0.5) is 10.1 Å². The summed E-state index contributed by atoms with van der Waals surface area (Å²) in [7, 11) is 0. The van der Waals surface area contributed by atoms with E-state index in [4.69, 9.17) is 0 Å². The quantitative estimate of drug-likeness (QED) is 0.783. The highest BCUT2D eigenvalue weighted by molar-refractivity contribution is 5.92. The van der Waals surface area contributed by atoms with Crippen molar-refractivity contribution in [2.45, 2.75) is 25.7 Å². The molecule has 4 nitrogen and oxygen atoms in total. The lowest BCUT2D eigenvalue weighted by atomic mass is 9.96. The molecule has 3 heterocycles. The van der Waals surface area contributed by atoms with Crippen LogP contribution >= 0.6 is 0 Å². The number of halogens is 1. The lowest BCUT2D eigenvalue weighted by Gasteiger charge is -2.34. The van der Waals surface area contributed by atoms with Gasteiger partial charge in [-0.3, -0.25) is 4.98 Å². The van der Waals surface area contributed by atoms with Gasteiger partial charge in [-0.1, -0.05) is 0 Å². The van der Waals surface area contributed by atoms with Crippen LogP contribution < -0.4 is 4.90 Å². The molecule has 0 bridgehead atoms. The number of benzene rings is 1. The fourth-order valence-corrected chi connectivity index (χ4v) is 3.49. The van der Waals surface area contributed by atoms with Crippen molar-refractivity contribution in [2.24, 2.45) is 0 Å². The number of H-pyrrole nitrogens is 1. The summed E-state index contributed by atoms with van der Waals surface area (Å²) in [4.78, 5) is 14.5. The van der Waals surface area contributed by atoms with Crippen LogP contribution in [0.25, 0.3) is 10.9 Å². The Balaban J connectivity index is 1.74. The van der Waals surface area contributed by atoms with Crippen molar-refractivity contribution >= 4 is 16.6 Å². The van der Waals surface area contributed by atoms with Crippen LogP contribution in [0.1, 0.15) is 30.3 Å². The summed E-state index contributed by atoms with van der Waals surface area (Å²) in [5, 5.41) is 0.885. The second-order valence-corrected chi connectivity index (χ2v) is 6.20. The minimum absolute atomic E-state index is 0.219. The molecular weight excluding hydrogens is 291 g/mol. The van der Waals surface area contributed by atoms with Crippen molar-refractivity contribution in [1.82, 2.24) is 15.0 Å². The molecule has 1 atom stereocenters. The number of hydrogen-bond donors (Lipinski definition) is 1. The zero-order valence-corrected chi connectivity index (χ0v) is 13.1. The Kier molecular flexibility index (Phi) is 3.48. The average Bonchev–Trinajstić information content (AvgIpc) is 3.09. The van der Waals surface area contributed by atoms with Gasteiger partial charge in [0.05, 0.1) is 5.52 Å². The van der Waals surface area contributed by atoms with E-state index in [1.165, 1.54) is 6.07 Å². The van der Waals surface area contributed by atoms with E-state index in [2.05, 4.69) is 25.9 Å². The van der Waals surface area contributed by atoms with Crippen molar-refractivity contribution < 1.29 is 4.39 Å². The number of fused-ring (bicyclic) bond motifs is 1. The number of pyridine rings is 1. The topological polar surface area (TPSA) is 44.8 Å². The van der Waals surface area contributed by atoms with E-state index >= 15 is 0 Å². The van der Waals surface area contributed by atoms with E-state index in [0.29, 0.717) is 5.92 Å². The van der Waals surface area contributed by atoms with Gasteiger partial charge < -0.3 is 9.88 Å².